The number of hydrogen-bond donors (Lipinski definition) is 2. The lowest BCUT2D eigenvalue weighted by Crippen LogP contribution is -2.30. The molecular weight excluding hydrogens is 347 g/mol. The van der Waals surface area contributed by atoms with E-state index in [1.165, 1.54) is 0 Å². The number of hydrogen-bond acceptors (Lipinski definition) is 2. The highest BCUT2D eigenvalue weighted by Crippen LogP contribution is 2.29. The van der Waals surface area contributed by atoms with Gasteiger partial charge in [0.25, 0.3) is 0 Å². The molecule has 0 heterocycles. The molecule has 2 aromatic rings. The van der Waals surface area contributed by atoms with Crippen molar-refractivity contribution in [3.63, 3.8) is 0 Å². The van der Waals surface area contributed by atoms with E-state index in [9.17, 15) is 9.59 Å². The highest BCUT2D eigenvalue weighted by molar-refractivity contribution is 6.47. The normalized spacial score (nSPS) is 10.3. The summed E-state index contributed by atoms with van der Waals surface area (Å²) in [5.41, 5.74) is 2.95. The molecule has 6 heteroatoms. The third-order valence-corrected chi connectivity index (χ3v) is 4.46. The number of aryl methyl sites for hydroxylation is 2. The van der Waals surface area contributed by atoms with Crippen LogP contribution in [0.5, 0.6) is 0 Å². The van der Waals surface area contributed by atoms with Crippen LogP contribution in [0.2, 0.25) is 10.0 Å². The van der Waals surface area contributed by atoms with Crippen LogP contribution in [0.3, 0.4) is 0 Å². The average Bonchev–Trinajstić information content (AvgIpc) is 2.58. The van der Waals surface area contributed by atoms with E-state index < -0.39 is 11.8 Å². The summed E-state index contributed by atoms with van der Waals surface area (Å²) in [7, 11) is 0. The van der Waals surface area contributed by atoms with Crippen LogP contribution in [0.15, 0.2) is 36.4 Å². The number of halogens is 2. The van der Waals surface area contributed by atoms with Gasteiger partial charge >= 0.3 is 11.8 Å². The van der Waals surface area contributed by atoms with Crippen molar-refractivity contribution >= 4 is 46.4 Å². The lowest BCUT2D eigenvalue weighted by molar-refractivity contribution is -0.133. The maximum atomic E-state index is 12.3. The first kappa shape index (κ1) is 18.3. The van der Waals surface area contributed by atoms with Crippen LogP contribution in [0, 0.1) is 0 Å². The van der Waals surface area contributed by atoms with E-state index in [0.717, 1.165) is 24.0 Å². The number of carbonyl (C=O) groups is 2. The lowest BCUT2D eigenvalue weighted by atomic mass is 10.0. The zero-order chi connectivity index (χ0) is 17.7. The van der Waals surface area contributed by atoms with Gasteiger partial charge in [-0.25, -0.2) is 0 Å². The predicted molar refractivity (Wildman–Crippen MR) is 98.9 cm³/mol. The molecule has 126 valence electrons. The molecule has 24 heavy (non-hydrogen) atoms. The Bertz CT molecular complexity index is 753. The van der Waals surface area contributed by atoms with Gasteiger partial charge in [-0.2, -0.15) is 0 Å². The second-order valence-corrected chi connectivity index (χ2v) is 5.95. The number of rotatable bonds is 4. The first-order valence-electron chi connectivity index (χ1n) is 7.65. The Morgan fingerprint density at radius 2 is 1.42 bits per heavy atom. The Balaban J connectivity index is 2.18. The van der Waals surface area contributed by atoms with Gasteiger partial charge < -0.3 is 10.6 Å². The van der Waals surface area contributed by atoms with E-state index >= 15 is 0 Å². The Labute approximate surface area is 151 Å². The van der Waals surface area contributed by atoms with Gasteiger partial charge in [0.1, 0.15) is 0 Å². The van der Waals surface area contributed by atoms with E-state index in [4.69, 9.17) is 23.2 Å². The molecule has 0 fully saturated rings. The number of carbonyl (C=O) groups excluding carboxylic acids is 2. The Hall–Kier alpha value is -2.04. The Morgan fingerprint density at radius 3 is 2.00 bits per heavy atom. The zero-order valence-electron chi connectivity index (χ0n) is 13.5. The minimum Gasteiger partial charge on any atom is -0.317 e. The Kier molecular flexibility index (Phi) is 6.23. The van der Waals surface area contributed by atoms with Gasteiger partial charge in [-0.3, -0.25) is 9.59 Å². The number of nitrogens with one attached hydrogen (secondary N) is 2. The molecule has 0 radical (unpaired) electrons. The van der Waals surface area contributed by atoms with E-state index in [1.807, 2.05) is 32.0 Å². The van der Waals surface area contributed by atoms with E-state index in [-0.39, 0.29) is 5.02 Å². The van der Waals surface area contributed by atoms with Gasteiger partial charge in [0.15, 0.2) is 0 Å². The fraction of sp³-hybridized carbons (Fsp3) is 0.222. The predicted octanol–water partition coefficient (Wildman–Crippen LogP) is 4.70. The van der Waals surface area contributed by atoms with Crippen LogP contribution >= 0.6 is 23.2 Å². The molecule has 0 aliphatic rings. The second-order valence-electron chi connectivity index (χ2n) is 5.17. The van der Waals surface area contributed by atoms with Crippen molar-refractivity contribution in [2.45, 2.75) is 26.7 Å². The summed E-state index contributed by atoms with van der Waals surface area (Å²) in [5.74, 6) is -1.55. The average molecular weight is 365 g/mol. The van der Waals surface area contributed by atoms with E-state index in [2.05, 4.69) is 10.6 Å². The summed E-state index contributed by atoms with van der Waals surface area (Å²) in [6, 6.07) is 10.6. The fourth-order valence-corrected chi connectivity index (χ4v) is 2.70. The van der Waals surface area contributed by atoms with Crippen molar-refractivity contribution < 1.29 is 9.59 Å². The van der Waals surface area contributed by atoms with Gasteiger partial charge in [0, 0.05) is 5.69 Å². The molecule has 0 aromatic heterocycles. The molecule has 0 saturated carbocycles. The van der Waals surface area contributed by atoms with Crippen LogP contribution in [0.4, 0.5) is 11.4 Å². The van der Waals surface area contributed by atoms with Crippen molar-refractivity contribution in [3.05, 3.63) is 57.6 Å². The summed E-state index contributed by atoms with van der Waals surface area (Å²) in [4.78, 5) is 24.4. The van der Waals surface area contributed by atoms with Crippen LogP contribution < -0.4 is 10.6 Å². The van der Waals surface area contributed by atoms with Crippen molar-refractivity contribution in [3.8, 4) is 0 Å². The molecule has 0 spiro atoms. The monoisotopic (exact) mass is 364 g/mol. The van der Waals surface area contributed by atoms with Gasteiger partial charge in [0.05, 0.1) is 15.7 Å². The number of para-hydroxylation sites is 1. The standard InChI is InChI=1S/C18H18Cl2N2O2/c1-3-11-7-5-8-12(4-2)16(11)22-18(24)17(23)21-14-10-6-9-13(19)15(14)20/h5-10H,3-4H2,1-2H3,(H,21,23)(H,22,24). The number of amides is 2. The van der Waals surface area contributed by atoms with E-state index in [1.54, 1.807) is 18.2 Å². The van der Waals surface area contributed by atoms with Crippen LogP contribution in [0.1, 0.15) is 25.0 Å². The molecule has 2 rings (SSSR count). The Morgan fingerprint density at radius 1 is 0.875 bits per heavy atom. The second kappa shape index (κ2) is 8.18. The lowest BCUT2D eigenvalue weighted by Gasteiger charge is -2.14. The maximum Gasteiger partial charge on any atom is 0.314 e. The summed E-state index contributed by atoms with van der Waals surface area (Å²) in [6.07, 6.45) is 1.51. The SMILES string of the molecule is CCc1cccc(CC)c1NC(=O)C(=O)Nc1cccc(Cl)c1Cl. The number of anilines is 2. The van der Waals surface area contributed by atoms with Crippen molar-refractivity contribution in [1.82, 2.24) is 0 Å². The molecule has 0 atom stereocenters. The van der Waals surface area contributed by atoms with Gasteiger partial charge in [-0.15, -0.1) is 0 Å². The van der Waals surface area contributed by atoms with Gasteiger partial charge in [-0.1, -0.05) is 61.3 Å². The highest BCUT2D eigenvalue weighted by Gasteiger charge is 2.18. The van der Waals surface area contributed by atoms with Crippen LogP contribution in [0.25, 0.3) is 0 Å². The smallest absolute Gasteiger partial charge is 0.314 e. The van der Waals surface area contributed by atoms with Crippen LogP contribution in [-0.2, 0) is 22.4 Å². The van der Waals surface area contributed by atoms with E-state index in [0.29, 0.717) is 16.4 Å². The van der Waals surface area contributed by atoms with Crippen molar-refractivity contribution in [2.75, 3.05) is 10.6 Å². The number of benzene rings is 2. The molecule has 0 aliphatic carbocycles. The zero-order valence-corrected chi connectivity index (χ0v) is 15.0. The minimum atomic E-state index is -0.799. The van der Waals surface area contributed by atoms with Crippen molar-refractivity contribution in [2.24, 2.45) is 0 Å². The fourth-order valence-electron chi connectivity index (χ4n) is 2.35. The molecule has 2 N–H and O–H groups in total. The molecule has 2 amide bonds. The maximum absolute atomic E-state index is 12.3. The van der Waals surface area contributed by atoms with Crippen LogP contribution in [-0.4, -0.2) is 11.8 Å². The minimum absolute atomic E-state index is 0.198. The molecule has 0 bridgehead atoms. The molecule has 0 aliphatic heterocycles. The molecular formula is C18H18Cl2N2O2. The first-order valence-corrected chi connectivity index (χ1v) is 8.40. The summed E-state index contributed by atoms with van der Waals surface area (Å²) in [5, 5.41) is 5.69. The molecule has 2 aromatic carbocycles. The van der Waals surface area contributed by atoms with Crippen molar-refractivity contribution in [1.29, 1.82) is 0 Å². The summed E-state index contributed by atoms with van der Waals surface area (Å²) in [6.45, 7) is 3.99. The molecule has 0 unspecified atom stereocenters. The molecule has 4 nitrogen and oxygen atoms in total. The summed E-state index contributed by atoms with van der Waals surface area (Å²) < 4.78 is 0. The van der Waals surface area contributed by atoms with Gasteiger partial charge in [-0.05, 0) is 36.1 Å². The quantitative estimate of drug-likeness (QED) is 0.772. The third kappa shape index (κ3) is 4.08. The summed E-state index contributed by atoms with van der Waals surface area (Å²) >= 11 is 11.9. The topological polar surface area (TPSA) is 58.2 Å². The largest absolute Gasteiger partial charge is 0.317 e. The first-order chi connectivity index (χ1) is 11.5. The third-order valence-electron chi connectivity index (χ3n) is 3.64. The van der Waals surface area contributed by atoms with Gasteiger partial charge in [0.2, 0.25) is 0 Å². The molecule has 0 saturated heterocycles. The highest BCUT2D eigenvalue weighted by atomic mass is 35.5.